The van der Waals surface area contributed by atoms with E-state index in [1.807, 2.05) is 24.3 Å². The van der Waals surface area contributed by atoms with Crippen LogP contribution in [0.3, 0.4) is 0 Å². The molecular weight excluding hydrogens is 268 g/mol. The monoisotopic (exact) mass is 286 g/mol. The number of piperidine rings is 1. The fourth-order valence-electron chi connectivity index (χ4n) is 2.74. The third kappa shape index (κ3) is 3.04. The van der Waals surface area contributed by atoms with Crippen molar-refractivity contribution < 1.29 is 9.90 Å². The van der Waals surface area contributed by atoms with Gasteiger partial charge in [0.1, 0.15) is 5.82 Å². The van der Waals surface area contributed by atoms with Gasteiger partial charge >= 0.3 is 6.09 Å². The molecule has 3 rings (SSSR count). The molecule has 6 heteroatoms. The van der Waals surface area contributed by atoms with Gasteiger partial charge in [0.25, 0.3) is 0 Å². The smallest absolute Gasteiger partial charge is 0.407 e. The van der Waals surface area contributed by atoms with Crippen molar-refractivity contribution in [3.63, 3.8) is 0 Å². The van der Waals surface area contributed by atoms with Crippen molar-refractivity contribution in [1.29, 1.82) is 0 Å². The van der Waals surface area contributed by atoms with Crippen LogP contribution in [-0.4, -0.2) is 45.2 Å². The standard InChI is InChI=1S/C15H18N4O2/c20-15(21)19-9-2-1-4-11(19)10-17-14-7-6-12-13(18-14)5-3-8-16-12/h3,5-8,11H,1-2,4,9-10H2,(H,17,18)(H,20,21)/t11-/m0/s1. The Kier molecular flexibility index (Phi) is 3.85. The number of hydrogen-bond acceptors (Lipinski definition) is 4. The Bertz CT molecular complexity index is 646. The average Bonchev–Trinajstić information content (AvgIpc) is 2.53. The molecule has 2 aromatic rings. The number of carboxylic acid groups (broad SMARTS) is 1. The van der Waals surface area contributed by atoms with Crippen LogP contribution in [-0.2, 0) is 0 Å². The number of pyridine rings is 2. The van der Waals surface area contributed by atoms with Crippen molar-refractivity contribution in [2.75, 3.05) is 18.4 Å². The summed E-state index contributed by atoms with van der Waals surface area (Å²) in [7, 11) is 0. The third-order valence-corrected chi connectivity index (χ3v) is 3.85. The van der Waals surface area contributed by atoms with Crippen LogP contribution in [0.2, 0.25) is 0 Å². The molecule has 6 nitrogen and oxygen atoms in total. The normalized spacial score (nSPS) is 18.7. The number of rotatable bonds is 3. The van der Waals surface area contributed by atoms with Crippen LogP contribution < -0.4 is 5.32 Å². The molecule has 110 valence electrons. The molecule has 1 amide bonds. The van der Waals surface area contributed by atoms with E-state index in [9.17, 15) is 9.90 Å². The summed E-state index contributed by atoms with van der Waals surface area (Å²) in [6.45, 7) is 1.21. The molecule has 0 aliphatic carbocycles. The molecule has 1 atom stereocenters. The Hall–Kier alpha value is -2.37. The SMILES string of the molecule is O=C(O)N1CCCC[C@H]1CNc1ccc2ncccc2n1. The van der Waals surface area contributed by atoms with E-state index in [1.54, 1.807) is 6.20 Å². The van der Waals surface area contributed by atoms with E-state index in [2.05, 4.69) is 15.3 Å². The topological polar surface area (TPSA) is 78.4 Å². The highest BCUT2D eigenvalue weighted by atomic mass is 16.4. The van der Waals surface area contributed by atoms with Gasteiger partial charge in [0.05, 0.1) is 17.1 Å². The van der Waals surface area contributed by atoms with Crippen LogP contribution in [0.5, 0.6) is 0 Å². The van der Waals surface area contributed by atoms with Gasteiger partial charge in [0.15, 0.2) is 0 Å². The van der Waals surface area contributed by atoms with Crippen molar-refractivity contribution in [1.82, 2.24) is 14.9 Å². The molecule has 0 saturated carbocycles. The minimum absolute atomic E-state index is 0.0163. The molecule has 1 aliphatic rings. The second kappa shape index (κ2) is 5.95. The van der Waals surface area contributed by atoms with E-state index in [0.29, 0.717) is 13.1 Å². The van der Waals surface area contributed by atoms with Crippen LogP contribution >= 0.6 is 0 Å². The first-order chi connectivity index (χ1) is 10.2. The second-order valence-electron chi connectivity index (χ2n) is 5.24. The lowest BCUT2D eigenvalue weighted by molar-refractivity contribution is 0.110. The van der Waals surface area contributed by atoms with Crippen LogP contribution in [0.1, 0.15) is 19.3 Å². The summed E-state index contributed by atoms with van der Waals surface area (Å²) in [6.07, 6.45) is 3.82. The fourth-order valence-corrected chi connectivity index (χ4v) is 2.74. The summed E-state index contributed by atoms with van der Waals surface area (Å²) in [6, 6.07) is 7.58. The Morgan fingerprint density at radius 1 is 1.33 bits per heavy atom. The van der Waals surface area contributed by atoms with Gasteiger partial charge in [-0.15, -0.1) is 0 Å². The quantitative estimate of drug-likeness (QED) is 0.906. The molecule has 2 aromatic heterocycles. The lowest BCUT2D eigenvalue weighted by atomic mass is 10.0. The average molecular weight is 286 g/mol. The highest BCUT2D eigenvalue weighted by Gasteiger charge is 2.25. The van der Waals surface area contributed by atoms with Crippen molar-refractivity contribution >= 4 is 22.9 Å². The van der Waals surface area contributed by atoms with E-state index >= 15 is 0 Å². The Balaban J connectivity index is 1.69. The van der Waals surface area contributed by atoms with Gasteiger partial charge in [-0.25, -0.2) is 9.78 Å². The van der Waals surface area contributed by atoms with Gasteiger partial charge < -0.3 is 15.3 Å². The van der Waals surface area contributed by atoms with Crippen molar-refractivity contribution in [2.45, 2.75) is 25.3 Å². The maximum Gasteiger partial charge on any atom is 0.407 e. The number of amides is 1. The molecule has 21 heavy (non-hydrogen) atoms. The molecule has 0 bridgehead atoms. The zero-order valence-corrected chi connectivity index (χ0v) is 11.7. The van der Waals surface area contributed by atoms with E-state index in [1.165, 1.54) is 4.90 Å². The summed E-state index contributed by atoms with van der Waals surface area (Å²) < 4.78 is 0. The molecule has 1 saturated heterocycles. The minimum Gasteiger partial charge on any atom is -0.465 e. The number of nitrogens with zero attached hydrogens (tertiary/aromatic N) is 3. The summed E-state index contributed by atoms with van der Waals surface area (Å²) >= 11 is 0. The molecule has 1 fully saturated rings. The highest BCUT2D eigenvalue weighted by molar-refractivity contribution is 5.75. The lowest BCUT2D eigenvalue weighted by Crippen LogP contribution is -2.46. The fraction of sp³-hybridized carbons (Fsp3) is 0.400. The molecule has 0 spiro atoms. The van der Waals surface area contributed by atoms with E-state index in [0.717, 1.165) is 36.1 Å². The largest absolute Gasteiger partial charge is 0.465 e. The van der Waals surface area contributed by atoms with Crippen LogP contribution in [0.25, 0.3) is 11.0 Å². The third-order valence-electron chi connectivity index (χ3n) is 3.85. The van der Waals surface area contributed by atoms with Crippen molar-refractivity contribution in [3.05, 3.63) is 30.5 Å². The number of likely N-dealkylation sites (tertiary alicyclic amines) is 1. The first kappa shape index (κ1) is 13.6. The zero-order chi connectivity index (χ0) is 14.7. The van der Waals surface area contributed by atoms with Gasteiger partial charge in [0.2, 0.25) is 0 Å². The predicted octanol–water partition coefficient (Wildman–Crippen LogP) is 2.57. The predicted molar refractivity (Wildman–Crippen MR) is 80.4 cm³/mol. The Morgan fingerprint density at radius 2 is 2.24 bits per heavy atom. The molecule has 0 unspecified atom stereocenters. The minimum atomic E-state index is -0.836. The number of nitrogens with one attached hydrogen (secondary N) is 1. The van der Waals surface area contributed by atoms with E-state index in [-0.39, 0.29) is 6.04 Å². The number of fused-ring (bicyclic) bond motifs is 1. The number of carbonyl (C=O) groups is 1. The van der Waals surface area contributed by atoms with Crippen LogP contribution in [0.4, 0.5) is 10.6 Å². The van der Waals surface area contributed by atoms with Crippen molar-refractivity contribution in [3.8, 4) is 0 Å². The highest BCUT2D eigenvalue weighted by Crippen LogP contribution is 2.18. The molecule has 2 N–H and O–H groups in total. The van der Waals surface area contributed by atoms with Crippen LogP contribution in [0, 0.1) is 0 Å². The number of hydrogen-bond donors (Lipinski definition) is 2. The number of aromatic nitrogens is 2. The number of anilines is 1. The van der Waals surface area contributed by atoms with Gasteiger partial charge in [0, 0.05) is 19.3 Å². The van der Waals surface area contributed by atoms with E-state index in [4.69, 9.17) is 0 Å². The lowest BCUT2D eigenvalue weighted by Gasteiger charge is -2.33. The zero-order valence-electron chi connectivity index (χ0n) is 11.7. The molecule has 3 heterocycles. The molecular formula is C15H18N4O2. The van der Waals surface area contributed by atoms with Crippen molar-refractivity contribution in [2.24, 2.45) is 0 Å². The molecule has 0 radical (unpaired) electrons. The van der Waals surface area contributed by atoms with Gasteiger partial charge in [-0.1, -0.05) is 0 Å². The van der Waals surface area contributed by atoms with Gasteiger partial charge in [-0.3, -0.25) is 4.98 Å². The second-order valence-corrected chi connectivity index (χ2v) is 5.24. The summed E-state index contributed by atoms with van der Waals surface area (Å²) in [5, 5.41) is 12.5. The van der Waals surface area contributed by atoms with Gasteiger partial charge in [-0.05, 0) is 43.5 Å². The summed E-state index contributed by atoms with van der Waals surface area (Å²) in [4.78, 5) is 21.5. The summed E-state index contributed by atoms with van der Waals surface area (Å²) in [5.41, 5.74) is 1.69. The Labute approximate surface area is 122 Å². The van der Waals surface area contributed by atoms with Crippen LogP contribution in [0.15, 0.2) is 30.5 Å². The molecule has 0 aromatic carbocycles. The molecule has 1 aliphatic heterocycles. The van der Waals surface area contributed by atoms with E-state index < -0.39 is 6.09 Å². The summed E-state index contributed by atoms with van der Waals surface area (Å²) in [5.74, 6) is 0.756. The maximum atomic E-state index is 11.2. The Morgan fingerprint density at radius 3 is 3.10 bits per heavy atom. The first-order valence-electron chi connectivity index (χ1n) is 7.19. The maximum absolute atomic E-state index is 11.2. The van der Waals surface area contributed by atoms with Gasteiger partial charge in [-0.2, -0.15) is 0 Å². The first-order valence-corrected chi connectivity index (χ1v) is 7.19.